The first kappa shape index (κ1) is 11.3. The highest BCUT2D eigenvalue weighted by atomic mass is 19.1. The van der Waals surface area contributed by atoms with Crippen molar-refractivity contribution < 1.29 is 9.50 Å². The van der Waals surface area contributed by atoms with Gasteiger partial charge in [0.05, 0.1) is 17.6 Å². The van der Waals surface area contributed by atoms with E-state index in [0.29, 0.717) is 19.3 Å². The molecule has 0 saturated heterocycles. The molecule has 3 heteroatoms. The van der Waals surface area contributed by atoms with Crippen molar-refractivity contribution in [3.63, 3.8) is 0 Å². The van der Waals surface area contributed by atoms with Crippen LogP contribution >= 0.6 is 0 Å². The molecule has 0 bridgehead atoms. The molecule has 0 amide bonds. The zero-order valence-electron chi connectivity index (χ0n) is 9.19. The van der Waals surface area contributed by atoms with E-state index in [9.17, 15) is 14.8 Å². The fourth-order valence-electron chi connectivity index (χ4n) is 2.69. The Balaban J connectivity index is 2.12. The Hall–Kier alpha value is -1.14. The van der Waals surface area contributed by atoms with Gasteiger partial charge in [0.25, 0.3) is 0 Å². The fourth-order valence-corrected chi connectivity index (χ4v) is 2.69. The molecule has 0 aromatic carbocycles. The van der Waals surface area contributed by atoms with E-state index < -0.39 is 5.41 Å². The van der Waals surface area contributed by atoms with Crippen LogP contribution < -0.4 is 0 Å². The number of hydrogen-bond acceptors (Lipinski definition) is 2. The van der Waals surface area contributed by atoms with Crippen LogP contribution in [0.2, 0.25) is 0 Å². The summed E-state index contributed by atoms with van der Waals surface area (Å²) in [6.45, 7) is 0. The molecule has 16 heavy (non-hydrogen) atoms. The molecule has 0 aromatic heterocycles. The van der Waals surface area contributed by atoms with Gasteiger partial charge in [0.15, 0.2) is 0 Å². The van der Waals surface area contributed by atoms with E-state index in [1.54, 1.807) is 6.08 Å². The van der Waals surface area contributed by atoms with E-state index in [1.165, 1.54) is 6.08 Å². The van der Waals surface area contributed by atoms with E-state index >= 15 is 0 Å². The number of nitrogens with zero attached hydrogens (tertiary/aromatic N) is 1. The number of rotatable bonds is 1. The Kier molecular flexibility index (Phi) is 3.11. The molecule has 2 aliphatic rings. The lowest BCUT2D eigenvalue weighted by molar-refractivity contribution is 0.0693. The first-order valence-electron chi connectivity index (χ1n) is 5.79. The summed E-state index contributed by atoms with van der Waals surface area (Å²) >= 11 is 0. The van der Waals surface area contributed by atoms with Crippen molar-refractivity contribution in [1.82, 2.24) is 0 Å². The summed E-state index contributed by atoms with van der Waals surface area (Å²) in [5.41, 5.74) is -0.396. The third-order valence-electron chi connectivity index (χ3n) is 3.83. The molecule has 86 valence electrons. The second kappa shape index (κ2) is 4.39. The Morgan fingerprint density at radius 1 is 1.44 bits per heavy atom. The first-order chi connectivity index (χ1) is 7.66. The van der Waals surface area contributed by atoms with Gasteiger partial charge in [-0.15, -0.1) is 0 Å². The number of hydrogen-bond donors (Lipinski definition) is 1. The molecule has 0 aliphatic heterocycles. The molecule has 1 unspecified atom stereocenters. The molecule has 0 spiro atoms. The lowest BCUT2D eigenvalue weighted by Gasteiger charge is -2.38. The smallest absolute Gasteiger partial charge is 0.118 e. The summed E-state index contributed by atoms with van der Waals surface area (Å²) in [5, 5.41) is 18.8. The van der Waals surface area contributed by atoms with Crippen LogP contribution in [0.25, 0.3) is 0 Å². The lowest BCUT2D eigenvalue weighted by atomic mass is 9.64. The third kappa shape index (κ3) is 2.03. The first-order valence-corrected chi connectivity index (χ1v) is 5.79. The molecule has 1 saturated carbocycles. The SMILES string of the molecule is N#CC1(C2C=CC(F)=CC2)CCC(O)CC1. The summed E-state index contributed by atoms with van der Waals surface area (Å²) in [4.78, 5) is 0. The minimum Gasteiger partial charge on any atom is -0.393 e. The van der Waals surface area contributed by atoms with Gasteiger partial charge in [-0.2, -0.15) is 5.26 Å². The predicted molar refractivity (Wildman–Crippen MR) is 59.0 cm³/mol. The highest BCUT2D eigenvalue weighted by Gasteiger charge is 2.40. The van der Waals surface area contributed by atoms with Crippen LogP contribution in [0.3, 0.4) is 0 Å². The van der Waals surface area contributed by atoms with E-state index in [0.717, 1.165) is 12.8 Å². The minimum absolute atomic E-state index is 0.101. The van der Waals surface area contributed by atoms with Gasteiger partial charge in [-0.1, -0.05) is 6.08 Å². The van der Waals surface area contributed by atoms with Crippen LogP contribution in [-0.4, -0.2) is 11.2 Å². The number of aliphatic hydroxyl groups is 1. The van der Waals surface area contributed by atoms with E-state index in [4.69, 9.17) is 0 Å². The number of halogens is 1. The van der Waals surface area contributed by atoms with Crippen molar-refractivity contribution in [2.24, 2.45) is 11.3 Å². The zero-order valence-corrected chi connectivity index (χ0v) is 9.19. The van der Waals surface area contributed by atoms with Gasteiger partial charge in [0.1, 0.15) is 5.83 Å². The summed E-state index contributed by atoms with van der Waals surface area (Å²) in [7, 11) is 0. The number of nitriles is 1. The monoisotopic (exact) mass is 221 g/mol. The maximum absolute atomic E-state index is 12.9. The normalized spacial score (nSPS) is 38.9. The molecule has 1 N–H and O–H groups in total. The molecule has 2 rings (SSSR count). The van der Waals surface area contributed by atoms with Crippen molar-refractivity contribution in [1.29, 1.82) is 5.26 Å². The largest absolute Gasteiger partial charge is 0.393 e. The van der Waals surface area contributed by atoms with Crippen LogP contribution in [-0.2, 0) is 0 Å². The second-order valence-electron chi connectivity index (χ2n) is 4.79. The predicted octanol–water partition coefficient (Wildman–Crippen LogP) is 2.86. The standard InChI is InChI=1S/C13H16FNO/c14-11-3-1-10(2-4-11)13(9-15)7-5-12(16)6-8-13/h1,3-4,10,12,16H,2,5-8H2. The van der Waals surface area contributed by atoms with Gasteiger partial charge in [-0.3, -0.25) is 0 Å². The molecular formula is C13H16FNO. The van der Waals surface area contributed by atoms with Crippen LogP contribution in [0, 0.1) is 22.7 Å². The molecular weight excluding hydrogens is 205 g/mol. The minimum atomic E-state index is -0.396. The third-order valence-corrected chi connectivity index (χ3v) is 3.83. The second-order valence-corrected chi connectivity index (χ2v) is 4.79. The van der Waals surface area contributed by atoms with Gasteiger partial charge in [0, 0.05) is 0 Å². The summed E-state index contributed by atoms with van der Waals surface area (Å²) in [6.07, 6.45) is 7.97. The summed E-state index contributed by atoms with van der Waals surface area (Å²) in [5.74, 6) is -0.107. The number of allylic oxidation sites excluding steroid dienone is 4. The van der Waals surface area contributed by atoms with Gasteiger partial charge in [0.2, 0.25) is 0 Å². The van der Waals surface area contributed by atoms with Crippen molar-refractivity contribution in [3.05, 3.63) is 24.1 Å². The molecule has 0 aromatic rings. The van der Waals surface area contributed by atoms with Crippen molar-refractivity contribution >= 4 is 0 Å². The van der Waals surface area contributed by atoms with Gasteiger partial charge in [-0.05, 0) is 50.2 Å². The Bertz CT molecular complexity index is 359. The Morgan fingerprint density at radius 2 is 2.12 bits per heavy atom. The van der Waals surface area contributed by atoms with E-state index in [1.807, 2.05) is 6.08 Å². The number of aliphatic hydroxyl groups excluding tert-OH is 1. The molecule has 2 nitrogen and oxygen atoms in total. The molecule has 0 heterocycles. The summed E-state index contributed by atoms with van der Waals surface area (Å²) < 4.78 is 12.9. The Labute approximate surface area is 95.1 Å². The van der Waals surface area contributed by atoms with Crippen LogP contribution in [0.5, 0.6) is 0 Å². The lowest BCUT2D eigenvalue weighted by Crippen LogP contribution is -2.34. The highest BCUT2D eigenvalue weighted by Crippen LogP contribution is 2.45. The van der Waals surface area contributed by atoms with Crippen molar-refractivity contribution in [2.75, 3.05) is 0 Å². The van der Waals surface area contributed by atoms with Crippen molar-refractivity contribution in [3.8, 4) is 6.07 Å². The molecule has 1 atom stereocenters. The maximum atomic E-state index is 12.9. The van der Waals surface area contributed by atoms with Crippen LogP contribution in [0.4, 0.5) is 4.39 Å². The van der Waals surface area contributed by atoms with Gasteiger partial charge < -0.3 is 5.11 Å². The van der Waals surface area contributed by atoms with Crippen LogP contribution in [0.15, 0.2) is 24.1 Å². The molecule has 2 aliphatic carbocycles. The topological polar surface area (TPSA) is 44.0 Å². The maximum Gasteiger partial charge on any atom is 0.118 e. The molecule has 0 radical (unpaired) electrons. The van der Waals surface area contributed by atoms with Crippen molar-refractivity contribution in [2.45, 2.75) is 38.2 Å². The van der Waals surface area contributed by atoms with Gasteiger partial charge in [-0.25, -0.2) is 4.39 Å². The summed E-state index contributed by atoms with van der Waals surface area (Å²) in [6, 6.07) is 2.41. The van der Waals surface area contributed by atoms with Crippen LogP contribution in [0.1, 0.15) is 32.1 Å². The average Bonchev–Trinajstić information content (AvgIpc) is 2.32. The molecule has 1 fully saturated rings. The Morgan fingerprint density at radius 3 is 2.62 bits per heavy atom. The fraction of sp³-hybridized carbons (Fsp3) is 0.615. The van der Waals surface area contributed by atoms with Gasteiger partial charge >= 0.3 is 0 Å². The van der Waals surface area contributed by atoms with E-state index in [-0.39, 0.29) is 17.8 Å². The van der Waals surface area contributed by atoms with E-state index in [2.05, 4.69) is 6.07 Å². The average molecular weight is 221 g/mol. The highest BCUT2D eigenvalue weighted by molar-refractivity contribution is 5.22. The quantitative estimate of drug-likeness (QED) is 0.740. The zero-order chi connectivity index (χ0) is 11.6.